The number of rotatable bonds is 7. The van der Waals surface area contributed by atoms with Crippen LogP contribution in [0.1, 0.15) is 99.1 Å². The maximum Gasteiger partial charge on any atom is 0.433 e. The van der Waals surface area contributed by atoms with Crippen LogP contribution in [-0.4, -0.2) is 67.6 Å². The van der Waals surface area contributed by atoms with E-state index in [4.69, 9.17) is 4.98 Å². The minimum absolute atomic E-state index is 0.167. The third-order valence-corrected chi connectivity index (χ3v) is 11.4. The van der Waals surface area contributed by atoms with E-state index in [9.17, 15) is 37.5 Å². The Morgan fingerprint density at radius 2 is 1.81 bits per heavy atom. The number of nitrogens with zero attached hydrogens (tertiary/aromatic N) is 4. The topological polar surface area (TPSA) is 145 Å². The monoisotopic (exact) mass is 752 g/mol. The number of carbonyl (C=O) groups excluding carboxylic acids is 4. The number of fused-ring (bicyclic) bond motifs is 2. The summed E-state index contributed by atoms with van der Waals surface area (Å²) in [6.07, 6.45) is -2.62. The number of piperidine rings is 2. The largest absolute Gasteiger partial charge is 0.433 e. The van der Waals surface area contributed by atoms with Gasteiger partial charge in [-0.2, -0.15) is 13.2 Å². The van der Waals surface area contributed by atoms with Crippen molar-refractivity contribution >= 4 is 63.5 Å². The number of thiol groups is 1. The Hall–Kier alpha value is -4.38. The average molecular weight is 753 g/mol. The molecule has 4 amide bonds. The van der Waals surface area contributed by atoms with E-state index in [0.717, 1.165) is 58.9 Å². The van der Waals surface area contributed by atoms with Gasteiger partial charge in [-0.05, 0) is 87.7 Å². The number of pyridine rings is 1. The number of aliphatic hydroxyl groups is 1. The van der Waals surface area contributed by atoms with Crippen LogP contribution in [0, 0.1) is 0 Å². The number of aromatic nitrogens is 2. The van der Waals surface area contributed by atoms with E-state index in [2.05, 4.69) is 33.1 Å². The minimum atomic E-state index is -4.70. The Bertz CT molecular complexity index is 2110. The minimum Gasteiger partial charge on any atom is -0.386 e. The van der Waals surface area contributed by atoms with Gasteiger partial charge in [0.2, 0.25) is 11.8 Å². The second-order valence-corrected chi connectivity index (χ2v) is 15.4. The summed E-state index contributed by atoms with van der Waals surface area (Å²) in [5, 5.41) is 16.2. The Morgan fingerprint density at radius 3 is 2.50 bits per heavy atom. The van der Waals surface area contributed by atoms with Crippen molar-refractivity contribution in [3.05, 3.63) is 87.2 Å². The lowest BCUT2D eigenvalue weighted by atomic mass is 9.95. The predicted octanol–water partition coefficient (Wildman–Crippen LogP) is 5.76. The molecule has 3 aliphatic rings. The lowest BCUT2D eigenvalue weighted by Gasteiger charge is -2.32. The molecule has 0 aliphatic carbocycles. The molecule has 2 atom stereocenters. The molecule has 0 bridgehead atoms. The predicted molar refractivity (Wildman–Crippen MR) is 190 cm³/mol. The first kappa shape index (κ1) is 36.0. The standard InChI is InChI=1S/C36H35F3N6O5S2/c1-35(2,50)22-15-25-27(16-24(22)41-30(47)23-4-3-5-28(40-23)36(37,38)39)52-32(42-25)19-10-12-44(13-11-19)17-18-6-7-20-21(14-18)33(49)45(34(20)51)26-8-9-29(46)43-31(26)48/h3-7,14-16,19,26,34,50-51H,8-13,17H2,1-2H3,(H,41,47)(H,43,46,48). The molecule has 3 aliphatic heterocycles. The summed E-state index contributed by atoms with van der Waals surface area (Å²) >= 11 is 6.12. The molecular formula is C36H35F3N6O5S2. The Morgan fingerprint density at radius 1 is 1.06 bits per heavy atom. The molecule has 0 spiro atoms. The first-order chi connectivity index (χ1) is 24.6. The highest BCUT2D eigenvalue weighted by Crippen LogP contribution is 2.41. The zero-order valence-electron chi connectivity index (χ0n) is 28.2. The van der Waals surface area contributed by atoms with Gasteiger partial charge in [-0.3, -0.25) is 29.4 Å². The highest BCUT2D eigenvalue weighted by Gasteiger charge is 2.44. The number of halogens is 3. The zero-order chi connectivity index (χ0) is 37.1. The van der Waals surface area contributed by atoms with Gasteiger partial charge in [0, 0.05) is 35.7 Å². The van der Waals surface area contributed by atoms with Crippen molar-refractivity contribution in [2.45, 2.75) is 75.2 Å². The van der Waals surface area contributed by atoms with E-state index >= 15 is 0 Å². The molecular weight excluding hydrogens is 718 g/mol. The fraction of sp³-hybridized carbons (Fsp3) is 0.389. The van der Waals surface area contributed by atoms with Gasteiger partial charge in [-0.25, -0.2) is 9.97 Å². The van der Waals surface area contributed by atoms with Gasteiger partial charge in [0.1, 0.15) is 22.8 Å². The number of likely N-dealkylation sites (tertiary alicyclic amines) is 1. The molecule has 52 heavy (non-hydrogen) atoms. The van der Waals surface area contributed by atoms with Crippen molar-refractivity contribution in [3.8, 4) is 0 Å². The van der Waals surface area contributed by atoms with E-state index in [1.807, 2.05) is 18.2 Å². The van der Waals surface area contributed by atoms with Gasteiger partial charge in [-0.15, -0.1) is 24.0 Å². The number of benzene rings is 2. The Labute approximate surface area is 306 Å². The lowest BCUT2D eigenvalue weighted by Crippen LogP contribution is -2.53. The Kier molecular flexibility index (Phi) is 9.38. The summed E-state index contributed by atoms with van der Waals surface area (Å²) < 4.78 is 40.4. The van der Waals surface area contributed by atoms with Crippen LogP contribution < -0.4 is 10.6 Å². The fourth-order valence-electron chi connectivity index (χ4n) is 7.05. The summed E-state index contributed by atoms with van der Waals surface area (Å²) in [5.74, 6) is -1.77. The maximum absolute atomic E-state index is 13.4. The van der Waals surface area contributed by atoms with Crippen LogP contribution in [0.5, 0.6) is 0 Å². The number of carbonyl (C=O) groups is 4. The number of alkyl halides is 3. The van der Waals surface area contributed by atoms with Crippen LogP contribution in [0.2, 0.25) is 0 Å². The van der Waals surface area contributed by atoms with Gasteiger partial charge in [0.25, 0.3) is 11.8 Å². The fourth-order valence-corrected chi connectivity index (χ4v) is 8.70. The quantitative estimate of drug-likeness (QED) is 0.138. The molecule has 0 saturated carbocycles. The molecule has 2 saturated heterocycles. The van der Waals surface area contributed by atoms with Crippen LogP contribution in [0.4, 0.5) is 18.9 Å². The summed E-state index contributed by atoms with van der Waals surface area (Å²) in [6.45, 7) is 5.29. The summed E-state index contributed by atoms with van der Waals surface area (Å²) in [5.41, 5.74) is 0.501. The Balaban J connectivity index is 1.03. The number of thiazole rings is 1. The normalized spacial score (nSPS) is 20.4. The highest BCUT2D eigenvalue weighted by molar-refractivity contribution is 7.80. The number of hydrogen-bond acceptors (Lipinski definition) is 10. The molecule has 2 aromatic heterocycles. The van der Waals surface area contributed by atoms with Crippen molar-refractivity contribution in [2.75, 3.05) is 18.4 Å². The summed E-state index contributed by atoms with van der Waals surface area (Å²) in [6, 6.07) is 11.5. The molecule has 2 aromatic carbocycles. The lowest BCUT2D eigenvalue weighted by molar-refractivity contribution is -0.141. The third-order valence-electron chi connectivity index (χ3n) is 9.74. The van der Waals surface area contributed by atoms with Gasteiger partial charge in [0.15, 0.2) is 0 Å². The highest BCUT2D eigenvalue weighted by atomic mass is 32.1. The number of nitrogens with one attached hydrogen (secondary N) is 2. The van der Waals surface area contributed by atoms with E-state index in [-0.39, 0.29) is 36.3 Å². The second-order valence-electron chi connectivity index (χ2n) is 13.9. The van der Waals surface area contributed by atoms with E-state index in [1.54, 1.807) is 26.0 Å². The van der Waals surface area contributed by atoms with Gasteiger partial charge < -0.3 is 15.3 Å². The van der Waals surface area contributed by atoms with Gasteiger partial charge >= 0.3 is 6.18 Å². The first-order valence-electron chi connectivity index (χ1n) is 16.8. The van der Waals surface area contributed by atoms with E-state index < -0.39 is 46.4 Å². The number of amides is 4. The van der Waals surface area contributed by atoms with Crippen molar-refractivity contribution in [1.82, 2.24) is 25.1 Å². The van der Waals surface area contributed by atoms with Crippen molar-refractivity contribution < 1.29 is 37.5 Å². The number of hydrogen-bond donors (Lipinski definition) is 4. The van der Waals surface area contributed by atoms with Crippen LogP contribution in [0.15, 0.2) is 48.5 Å². The molecule has 2 fully saturated rings. The third kappa shape index (κ3) is 7.04. The summed E-state index contributed by atoms with van der Waals surface area (Å²) in [7, 11) is 0. The van der Waals surface area contributed by atoms with E-state index in [1.165, 1.54) is 22.3 Å². The van der Waals surface area contributed by atoms with Gasteiger partial charge in [0.05, 0.1) is 20.8 Å². The molecule has 2 unspecified atom stereocenters. The maximum atomic E-state index is 13.4. The van der Waals surface area contributed by atoms with Crippen molar-refractivity contribution in [2.24, 2.45) is 0 Å². The second kappa shape index (κ2) is 13.5. The van der Waals surface area contributed by atoms with Gasteiger partial charge in [-0.1, -0.05) is 18.2 Å². The summed E-state index contributed by atoms with van der Waals surface area (Å²) in [4.78, 5) is 62.7. The molecule has 4 aromatic rings. The average Bonchev–Trinajstić information content (AvgIpc) is 3.61. The molecule has 3 N–H and O–H groups in total. The SMILES string of the molecule is CC(C)(O)c1cc2nc(C3CCN(Cc4ccc5c(c4)C(=O)N(C4CCC(=O)NC4=O)C5S)CC3)sc2cc1NC(=O)c1cccc(C(F)(F)F)n1. The molecule has 5 heterocycles. The van der Waals surface area contributed by atoms with Crippen LogP contribution in [0.25, 0.3) is 10.2 Å². The molecule has 11 nitrogen and oxygen atoms in total. The van der Waals surface area contributed by atoms with Crippen LogP contribution >= 0.6 is 24.0 Å². The molecule has 7 rings (SSSR count). The van der Waals surface area contributed by atoms with Crippen LogP contribution in [0.3, 0.4) is 0 Å². The smallest absolute Gasteiger partial charge is 0.386 e. The first-order valence-corrected chi connectivity index (χ1v) is 18.1. The van der Waals surface area contributed by atoms with Crippen LogP contribution in [-0.2, 0) is 27.9 Å². The van der Waals surface area contributed by atoms with Crippen molar-refractivity contribution in [3.63, 3.8) is 0 Å². The van der Waals surface area contributed by atoms with Crippen molar-refractivity contribution in [1.29, 1.82) is 0 Å². The zero-order valence-corrected chi connectivity index (χ0v) is 29.9. The molecule has 272 valence electrons. The van der Waals surface area contributed by atoms with E-state index in [0.29, 0.717) is 23.2 Å². The molecule has 16 heteroatoms. The molecule has 0 radical (unpaired) electrons. The number of imide groups is 1. The number of anilines is 1.